The van der Waals surface area contributed by atoms with Gasteiger partial charge in [-0.25, -0.2) is 0 Å². The minimum Gasteiger partial charge on any atom is -0.480 e. The van der Waals surface area contributed by atoms with Crippen LogP contribution in [-0.2, 0) is 73.4 Å². The maximum Gasteiger partial charge on any atom is 0.327 e. The number of nitrogens with two attached hydrogens (primary N) is 2. The third-order valence-corrected chi connectivity index (χ3v) is 12.0. The molecular weight excluding hydrogens is 980 g/mol. The van der Waals surface area contributed by atoms with Crippen LogP contribution in [-0.4, -0.2) is 170 Å². The molecule has 7 amide bonds. The minimum atomic E-state index is -4.43. The highest BCUT2D eigenvalue weighted by atomic mass is 31.2. The van der Waals surface area contributed by atoms with Gasteiger partial charge in [0, 0.05) is 31.2 Å². The molecule has 7 atom stereocenters. The van der Waals surface area contributed by atoms with Crippen molar-refractivity contribution in [1.29, 1.82) is 0 Å². The number of carboxylic acids is 1. The van der Waals surface area contributed by atoms with Gasteiger partial charge in [0.25, 0.3) is 0 Å². The molecule has 30 nitrogen and oxygen atoms in total. The van der Waals surface area contributed by atoms with Crippen LogP contribution >= 0.6 is 15.2 Å². The molecule has 0 bridgehead atoms. The van der Waals surface area contributed by atoms with Gasteiger partial charge in [0.1, 0.15) is 42.3 Å². The van der Waals surface area contributed by atoms with E-state index in [1.807, 2.05) is 0 Å². The summed E-state index contributed by atoms with van der Waals surface area (Å²) in [4.78, 5) is 143. The van der Waals surface area contributed by atoms with Gasteiger partial charge in [-0.05, 0) is 72.4 Å². The number of carbonyl (C=O) groups excluding carboxylic acids is 7. The first-order chi connectivity index (χ1) is 33.1. The number of hydrogen-bond donors (Lipinski definition) is 14. The molecule has 2 heterocycles. The summed E-state index contributed by atoms with van der Waals surface area (Å²) in [7, 11) is -8.85. The smallest absolute Gasteiger partial charge is 0.327 e. The Morgan fingerprint density at radius 1 is 0.521 bits per heavy atom. The Balaban J connectivity index is 2.42. The lowest BCUT2D eigenvalue weighted by molar-refractivity contribution is -0.141. The van der Waals surface area contributed by atoms with Crippen molar-refractivity contribution in [2.75, 3.05) is 25.4 Å². The molecule has 0 fully saturated rings. The zero-order valence-electron chi connectivity index (χ0n) is 40.2. The fourth-order valence-electron chi connectivity index (χ4n) is 6.25. The Labute approximate surface area is 409 Å². The van der Waals surface area contributed by atoms with E-state index in [-0.39, 0.29) is 56.7 Å². The van der Waals surface area contributed by atoms with Gasteiger partial charge < -0.3 is 73.4 Å². The molecule has 400 valence electrons. The van der Waals surface area contributed by atoms with E-state index in [0.717, 1.165) is 9.36 Å². The highest BCUT2D eigenvalue weighted by Gasteiger charge is 2.33. The predicted molar refractivity (Wildman–Crippen MR) is 250 cm³/mol. The summed E-state index contributed by atoms with van der Waals surface area (Å²) in [6.45, 7) is 7.01. The van der Waals surface area contributed by atoms with Gasteiger partial charge in [0.15, 0.2) is 0 Å². The number of hydrogen-bond acceptors (Lipinski definition) is 16. The van der Waals surface area contributed by atoms with Crippen molar-refractivity contribution in [3.63, 3.8) is 0 Å². The largest absolute Gasteiger partial charge is 0.480 e. The Kier molecular flexibility index (Phi) is 25.6. The summed E-state index contributed by atoms with van der Waals surface area (Å²) < 4.78 is 25.1. The normalized spacial score (nSPS) is 14.7. The monoisotopic (exact) mass is 1050 g/mol. The van der Waals surface area contributed by atoms with Crippen molar-refractivity contribution in [1.82, 2.24) is 67.2 Å². The fourth-order valence-corrected chi connectivity index (χ4v) is 7.18. The second-order valence-electron chi connectivity index (χ2n) is 17.1. The van der Waals surface area contributed by atoms with E-state index in [1.54, 1.807) is 13.8 Å². The Morgan fingerprint density at radius 3 is 1.21 bits per heavy atom. The van der Waals surface area contributed by atoms with E-state index in [4.69, 9.17) is 11.5 Å². The molecule has 2 rings (SSSR count). The molecule has 2 aromatic heterocycles. The molecule has 0 radical (unpaired) electrons. The van der Waals surface area contributed by atoms with E-state index in [0.29, 0.717) is 25.8 Å². The number of carbonyl (C=O) groups is 8. The van der Waals surface area contributed by atoms with Gasteiger partial charge in [-0.15, -0.1) is 10.2 Å². The predicted octanol–water partition coefficient (Wildman–Crippen LogP) is -4.54. The first-order valence-electron chi connectivity index (χ1n) is 22.8. The highest BCUT2D eigenvalue weighted by molar-refractivity contribution is 7.52. The number of nitrogens with one attached hydrogen (secondary N) is 7. The average Bonchev–Trinajstić information content (AvgIpc) is 3.94. The summed E-state index contributed by atoms with van der Waals surface area (Å²) >= 11 is 0. The van der Waals surface area contributed by atoms with Crippen LogP contribution in [0, 0.1) is 5.92 Å². The second-order valence-corrected chi connectivity index (χ2v) is 20.7. The molecule has 0 saturated carbocycles. The Bertz CT molecular complexity index is 2220. The molecule has 0 aliphatic carbocycles. The van der Waals surface area contributed by atoms with Crippen molar-refractivity contribution >= 4 is 62.5 Å². The van der Waals surface area contributed by atoms with Gasteiger partial charge >= 0.3 is 21.2 Å². The first kappa shape index (κ1) is 61.4. The van der Waals surface area contributed by atoms with Crippen molar-refractivity contribution in [2.45, 2.75) is 141 Å². The number of aliphatic carboxylic acids is 1. The number of carboxylic acid groups (broad SMARTS) is 1. The van der Waals surface area contributed by atoms with Crippen LogP contribution in [0.15, 0.2) is 12.4 Å². The molecule has 71 heavy (non-hydrogen) atoms. The molecule has 0 saturated heterocycles. The number of nitrogens with zero attached hydrogens (tertiary/aromatic N) is 6. The summed E-state index contributed by atoms with van der Waals surface area (Å²) in [5, 5.41) is 42.2. The Morgan fingerprint density at radius 2 is 0.859 bits per heavy atom. The molecule has 32 heteroatoms. The average molecular weight is 1050 g/mol. The lowest BCUT2D eigenvalue weighted by Crippen LogP contribution is -2.59. The van der Waals surface area contributed by atoms with E-state index < -0.39 is 129 Å². The van der Waals surface area contributed by atoms with Gasteiger partial charge in [0.2, 0.25) is 41.4 Å². The summed E-state index contributed by atoms with van der Waals surface area (Å²) in [6, 6.07) is -9.59. The maximum absolute atomic E-state index is 14.1. The van der Waals surface area contributed by atoms with Crippen LogP contribution in [0.2, 0.25) is 0 Å². The van der Waals surface area contributed by atoms with E-state index >= 15 is 0 Å². The number of amides is 7. The second kappa shape index (κ2) is 29.6. The topological polar surface area (TPSA) is 470 Å². The van der Waals surface area contributed by atoms with E-state index in [1.165, 1.54) is 33.2 Å². The number of rotatable bonds is 33. The first-order valence-corrected chi connectivity index (χ1v) is 26.3. The van der Waals surface area contributed by atoms with Crippen LogP contribution in [0.3, 0.4) is 0 Å². The van der Waals surface area contributed by atoms with Crippen molar-refractivity contribution in [3.05, 3.63) is 23.8 Å². The maximum atomic E-state index is 14.1. The van der Waals surface area contributed by atoms with Crippen molar-refractivity contribution in [2.24, 2.45) is 17.4 Å². The third-order valence-electron chi connectivity index (χ3n) is 10.4. The lowest BCUT2D eigenvalue weighted by Gasteiger charge is -2.26. The zero-order chi connectivity index (χ0) is 53.6. The van der Waals surface area contributed by atoms with Crippen LogP contribution < -0.4 is 48.7 Å². The third kappa shape index (κ3) is 23.8. The minimum absolute atomic E-state index is 0.0434. The van der Waals surface area contributed by atoms with Gasteiger partial charge in [-0.2, -0.15) is 0 Å². The van der Waals surface area contributed by atoms with Crippen LogP contribution in [0.1, 0.15) is 84.5 Å². The van der Waals surface area contributed by atoms with E-state index in [9.17, 15) is 72.2 Å². The molecule has 0 aliphatic rings. The fraction of sp³-hybridized carbons (Fsp3) is 0.692. The van der Waals surface area contributed by atoms with Crippen LogP contribution in [0.25, 0.3) is 0 Å². The number of unbranched alkanes of at least 4 members (excludes halogenated alkanes) is 2. The summed E-state index contributed by atoms with van der Waals surface area (Å²) in [6.07, 6.45) is 2.42. The van der Waals surface area contributed by atoms with Gasteiger partial charge in [-0.1, -0.05) is 24.3 Å². The van der Waals surface area contributed by atoms with Crippen molar-refractivity contribution < 1.29 is 72.2 Å². The molecule has 0 aliphatic heterocycles. The SMILES string of the molecule is CC(C)C(=O)N[C@@H](CCCCN)C(=O)N[C@@H](Cc1cn(CCP(=O)(O)O)nn1)C(=O)N[C@@H](C)C(=O)N[C@@H](CCCCN)C(=O)N[C@@H](Cc1cn(CCP(=O)(O)O)nn1)C(=O)N[C@@H](C)C(=O)N[C@@H](C)C(=O)O. The van der Waals surface area contributed by atoms with Gasteiger partial charge in [-0.3, -0.25) is 56.8 Å². The zero-order valence-corrected chi connectivity index (χ0v) is 42.0. The van der Waals surface area contributed by atoms with Crippen LogP contribution in [0.5, 0.6) is 0 Å². The highest BCUT2D eigenvalue weighted by Crippen LogP contribution is 2.34. The molecule has 0 unspecified atom stereocenters. The van der Waals surface area contributed by atoms with Crippen LogP contribution in [0.4, 0.5) is 0 Å². The lowest BCUT2D eigenvalue weighted by atomic mass is 10.0. The molecular formula is C39H69N15O15P2. The summed E-state index contributed by atoms with van der Waals surface area (Å²) in [5.41, 5.74) is 11.5. The number of aryl methyl sites for hydroxylation is 2. The standard InChI is InChI=1S/C39H69N15O15P2/c1-22(2)32(55)45-28(10-6-8-12-40)35(58)47-31(19-27-21-54(52-50-27)15-17-71(67,68)69)38(61)43-24(4)34(57)46-29(11-7-9-13-41)36(59)48-30(18-26-20-53(51-49-26)14-16-70(64,65)66)37(60)42-23(3)33(56)44-25(5)39(62)63/h20-25,28-31H,6-19,40-41H2,1-5H3,(H,42,60)(H,43,61)(H,44,56)(H,45,55)(H,46,57)(H,47,58)(H,48,59)(H,62,63)(H2,64,65,66)(H2,67,68,69)/t23-,24-,25-,28-,29-,30-,31-/m0/s1. The number of aromatic nitrogens is 6. The molecule has 16 N–H and O–H groups in total. The Hall–Kier alpha value is -5.74. The molecule has 2 aromatic rings. The van der Waals surface area contributed by atoms with Crippen molar-refractivity contribution in [3.8, 4) is 0 Å². The summed E-state index contributed by atoms with van der Waals surface area (Å²) in [5.74, 6) is -7.63. The molecule has 0 spiro atoms. The van der Waals surface area contributed by atoms with E-state index in [2.05, 4.69) is 57.8 Å². The van der Waals surface area contributed by atoms with Gasteiger partial charge in [0.05, 0.1) is 36.8 Å². The quantitative estimate of drug-likeness (QED) is 0.0236. The molecule has 0 aromatic carbocycles.